The first-order chi connectivity index (χ1) is 14.8. The van der Waals surface area contributed by atoms with Crippen molar-refractivity contribution in [1.29, 1.82) is 0 Å². The van der Waals surface area contributed by atoms with Gasteiger partial charge in [-0.1, -0.05) is 12.1 Å². The first-order valence-electron chi connectivity index (χ1n) is 9.28. The number of aromatic hydroxyl groups is 1. The maximum absolute atomic E-state index is 12.1. The number of nitrogens with one attached hydrogen (secondary N) is 1. The summed E-state index contributed by atoms with van der Waals surface area (Å²) in [5.74, 6) is -0.0930. The fraction of sp³-hybridized carbons (Fsp3) is 0.190. The van der Waals surface area contributed by atoms with E-state index in [0.29, 0.717) is 22.7 Å². The molecule has 3 aromatic rings. The zero-order chi connectivity index (χ0) is 22.5. The number of phenols is 1. The van der Waals surface area contributed by atoms with Crippen molar-refractivity contribution >= 4 is 17.8 Å². The third-order valence-corrected chi connectivity index (χ3v) is 4.68. The molecule has 2 aromatic carbocycles. The third-order valence-electron chi connectivity index (χ3n) is 4.68. The summed E-state index contributed by atoms with van der Waals surface area (Å²) >= 11 is 0. The maximum atomic E-state index is 12.1. The molecule has 3 rings (SSSR count). The van der Waals surface area contributed by atoms with E-state index in [1.54, 1.807) is 48.9 Å². The van der Waals surface area contributed by atoms with Crippen LogP contribution >= 0.6 is 0 Å². The molecule has 0 bridgehead atoms. The summed E-state index contributed by atoms with van der Waals surface area (Å²) in [7, 11) is 1.53. The lowest BCUT2D eigenvalue weighted by Crippen LogP contribution is -2.17. The summed E-state index contributed by atoms with van der Waals surface area (Å²) in [5, 5.41) is 29.2. The van der Waals surface area contributed by atoms with Gasteiger partial charge in [-0.25, -0.2) is 5.43 Å². The molecule has 10 heteroatoms. The number of aryl methyl sites for hydroxylation is 1. The number of hydrogen-bond acceptors (Lipinski definition) is 7. The summed E-state index contributed by atoms with van der Waals surface area (Å²) in [6, 6.07) is 11.4. The van der Waals surface area contributed by atoms with Crippen molar-refractivity contribution in [3.8, 4) is 11.5 Å². The number of amides is 1. The molecule has 0 aliphatic rings. The smallest absolute Gasteiger partial charge is 0.312 e. The predicted octanol–water partition coefficient (Wildman–Crippen LogP) is 2.93. The largest absolute Gasteiger partial charge is 0.507 e. The molecule has 0 unspecified atom stereocenters. The number of nitro groups is 1. The summed E-state index contributed by atoms with van der Waals surface area (Å²) in [6.07, 6.45) is 1.45. The van der Waals surface area contributed by atoms with Crippen LogP contribution in [0.15, 0.2) is 47.6 Å². The molecule has 0 saturated heterocycles. The van der Waals surface area contributed by atoms with Crippen LogP contribution in [0.1, 0.15) is 32.9 Å². The van der Waals surface area contributed by atoms with Gasteiger partial charge in [0.15, 0.2) is 0 Å². The lowest BCUT2D eigenvalue weighted by Gasteiger charge is -2.10. The molecule has 0 atom stereocenters. The normalized spacial score (nSPS) is 10.9. The molecule has 31 heavy (non-hydrogen) atoms. The number of benzene rings is 2. The molecule has 0 aliphatic heterocycles. The Morgan fingerprint density at radius 1 is 1.32 bits per heavy atom. The average molecular weight is 423 g/mol. The van der Waals surface area contributed by atoms with Crippen LogP contribution < -0.4 is 10.2 Å². The second-order valence-electron chi connectivity index (χ2n) is 6.72. The van der Waals surface area contributed by atoms with Gasteiger partial charge in [0.05, 0.1) is 30.4 Å². The van der Waals surface area contributed by atoms with Crippen LogP contribution in [0.4, 0.5) is 5.69 Å². The first-order valence-corrected chi connectivity index (χ1v) is 9.28. The molecule has 1 heterocycles. The van der Waals surface area contributed by atoms with Gasteiger partial charge in [0.2, 0.25) is 0 Å². The van der Waals surface area contributed by atoms with Crippen molar-refractivity contribution in [2.45, 2.75) is 20.4 Å². The van der Waals surface area contributed by atoms with Crippen molar-refractivity contribution < 1.29 is 19.6 Å². The predicted molar refractivity (Wildman–Crippen MR) is 114 cm³/mol. The second kappa shape index (κ2) is 9.08. The molecule has 160 valence electrons. The van der Waals surface area contributed by atoms with Crippen molar-refractivity contribution in [2.75, 3.05) is 7.11 Å². The highest BCUT2D eigenvalue weighted by Crippen LogP contribution is 2.25. The van der Waals surface area contributed by atoms with Crippen LogP contribution in [0.25, 0.3) is 0 Å². The molecule has 1 amide bonds. The Morgan fingerprint density at radius 2 is 2.06 bits per heavy atom. The second-order valence-corrected chi connectivity index (χ2v) is 6.72. The Bertz CT molecular complexity index is 1170. The summed E-state index contributed by atoms with van der Waals surface area (Å²) in [5.41, 5.74) is 4.65. The van der Waals surface area contributed by atoms with Gasteiger partial charge < -0.3 is 9.84 Å². The number of hydrogen-bond donors (Lipinski definition) is 2. The highest BCUT2D eigenvalue weighted by atomic mass is 16.6. The Morgan fingerprint density at radius 3 is 2.71 bits per heavy atom. The van der Waals surface area contributed by atoms with Gasteiger partial charge >= 0.3 is 5.69 Å². The van der Waals surface area contributed by atoms with Crippen LogP contribution in [-0.2, 0) is 6.54 Å². The van der Waals surface area contributed by atoms with Gasteiger partial charge in [0.1, 0.15) is 22.9 Å². The number of rotatable bonds is 7. The number of hydrazone groups is 1. The van der Waals surface area contributed by atoms with Gasteiger partial charge in [-0.05, 0) is 49.7 Å². The number of carbonyl (C=O) groups is 1. The number of phenolic OH excluding ortho intramolecular Hbond substituents is 1. The topological polar surface area (TPSA) is 132 Å². The molecule has 0 fully saturated rings. The van der Waals surface area contributed by atoms with Crippen LogP contribution in [0, 0.1) is 24.0 Å². The van der Waals surface area contributed by atoms with Crippen LogP contribution in [-0.4, -0.2) is 39.0 Å². The van der Waals surface area contributed by atoms with Gasteiger partial charge in [-0.3, -0.25) is 19.6 Å². The number of aromatic nitrogens is 2. The molecule has 0 saturated carbocycles. The van der Waals surface area contributed by atoms with Crippen LogP contribution in [0.2, 0.25) is 0 Å². The Balaban J connectivity index is 1.80. The summed E-state index contributed by atoms with van der Waals surface area (Å²) < 4.78 is 6.94. The Labute approximate surface area is 177 Å². The molecule has 0 aliphatic carbocycles. The lowest BCUT2D eigenvalue weighted by molar-refractivity contribution is -0.386. The maximum Gasteiger partial charge on any atom is 0.312 e. The highest BCUT2D eigenvalue weighted by molar-refractivity contribution is 5.97. The molecule has 1 aromatic heterocycles. The van der Waals surface area contributed by atoms with Gasteiger partial charge in [0, 0.05) is 5.56 Å². The van der Waals surface area contributed by atoms with E-state index >= 15 is 0 Å². The quantitative estimate of drug-likeness (QED) is 0.341. The Hall–Kier alpha value is -4.21. The van der Waals surface area contributed by atoms with E-state index in [4.69, 9.17) is 4.74 Å². The molecule has 0 spiro atoms. The van der Waals surface area contributed by atoms with E-state index in [1.807, 2.05) is 0 Å². The van der Waals surface area contributed by atoms with Crippen molar-refractivity contribution in [3.63, 3.8) is 0 Å². The minimum Gasteiger partial charge on any atom is -0.507 e. The Kier molecular flexibility index (Phi) is 6.29. The van der Waals surface area contributed by atoms with E-state index in [0.717, 1.165) is 5.56 Å². The van der Waals surface area contributed by atoms with Crippen molar-refractivity contribution in [2.24, 2.45) is 5.10 Å². The third kappa shape index (κ3) is 4.69. The number of para-hydroxylation sites is 1. The summed E-state index contributed by atoms with van der Waals surface area (Å²) in [6.45, 7) is 3.50. The van der Waals surface area contributed by atoms with E-state index in [9.17, 15) is 20.0 Å². The van der Waals surface area contributed by atoms with Crippen molar-refractivity contribution in [1.82, 2.24) is 15.2 Å². The highest BCUT2D eigenvalue weighted by Gasteiger charge is 2.22. The van der Waals surface area contributed by atoms with Crippen LogP contribution in [0.3, 0.4) is 0 Å². The zero-order valence-corrected chi connectivity index (χ0v) is 17.2. The summed E-state index contributed by atoms with van der Waals surface area (Å²) in [4.78, 5) is 22.9. The molecule has 0 radical (unpaired) electrons. The SMILES string of the molecule is COc1ccc(/C=N\NC(=O)c2ccccc2O)cc1Cn1nc(C)c([N+](=O)[O-])c1C. The fourth-order valence-corrected chi connectivity index (χ4v) is 3.16. The average Bonchev–Trinajstić information content (AvgIpc) is 3.01. The van der Waals surface area contributed by atoms with E-state index in [2.05, 4.69) is 15.6 Å². The van der Waals surface area contributed by atoms with Gasteiger partial charge in [0.25, 0.3) is 5.91 Å². The fourth-order valence-electron chi connectivity index (χ4n) is 3.16. The molecular weight excluding hydrogens is 402 g/mol. The number of carbonyl (C=O) groups excluding carboxylic acids is 1. The molecule has 2 N–H and O–H groups in total. The van der Waals surface area contributed by atoms with E-state index in [1.165, 1.54) is 25.5 Å². The van der Waals surface area contributed by atoms with Crippen LogP contribution in [0.5, 0.6) is 11.5 Å². The monoisotopic (exact) mass is 423 g/mol. The first kappa shape index (κ1) is 21.5. The van der Waals surface area contributed by atoms with Crippen molar-refractivity contribution in [3.05, 3.63) is 80.7 Å². The standard InChI is InChI=1S/C21H21N5O5/c1-13-20(26(29)30)14(2)25(24-13)12-16-10-15(8-9-19(16)31-3)11-22-23-21(28)17-6-4-5-7-18(17)27/h4-11,27H,12H2,1-3H3,(H,23,28)/b22-11-. The minimum absolute atomic E-state index is 0.0106. The lowest BCUT2D eigenvalue weighted by atomic mass is 10.1. The number of ether oxygens (including phenoxy) is 1. The number of methoxy groups -OCH3 is 1. The van der Waals surface area contributed by atoms with E-state index in [-0.39, 0.29) is 23.5 Å². The minimum atomic E-state index is -0.543. The molecular formula is C21H21N5O5. The number of nitrogens with zero attached hydrogens (tertiary/aromatic N) is 4. The van der Waals surface area contributed by atoms with Gasteiger partial charge in [-0.2, -0.15) is 10.2 Å². The zero-order valence-electron chi connectivity index (χ0n) is 17.2. The molecule has 10 nitrogen and oxygen atoms in total. The van der Waals surface area contributed by atoms with E-state index < -0.39 is 10.8 Å². The van der Waals surface area contributed by atoms with Gasteiger partial charge in [-0.15, -0.1) is 0 Å².